The summed E-state index contributed by atoms with van der Waals surface area (Å²) in [5.74, 6) is -3.31. The van der Waals surface area contributed by atoms with Crippen molar-refractivity contribution in [3.05, 3.63) is 34.6 Å². The largest absolute Gasteiger partial charge is 0.411 e. The van der Waals surface area contributed by atoms with Gasteiger partial charge < -0.3 is 5.21 Å². The zero-order chi connectivity index (χ0) is 10.9. The first-order valence-electron chi connectivity index (χ1n) is 3.82. The van der Waals surface area contributed by atoms with E-state index in [0.29, 0.717) is 6.07 Å². The maximum absolute atomic E-state index is 13.3. The molecule has 0 aliphatic carbocycles. The molecule has 0 aliphatic heterocycles. The number of hydrogen-bond donors (Lipinski definition) is 1. The minimum absolute atomic E-state index is 0.107. The Morgan fingerprint density at radius 1 is 1.29 bits per heavy atom. The molecular weight excluding hydrogens is 195 g/mol. The summed E-state index contributed by atoms with van der Waals surface area (Å²) in [5.41, 5.74) is -0.781. The highest BCUT2D eigenvalue weighted by Crippen LogP contribution is 2.19. The predicted molar refractivity (Wildman–Crippen MR) is 45.1 cm³/mol. The molecule has 14 heavy (non-hydrogen) atoms. The Balaban J connectivity index is 3.48. The van der Waals surface area contributed by atoms with Gasteiger partial charge in [-0.05, 0) is 19.9 Å². The number of hydrogen-bond acceptors (Lipinski definition) is 2. The van der Waals surface area contributed by atoms with Crippen LogP contribution in [0.5, 0.6) is 0 Å². The molecule has 0 radical (unpaired) electrons. The maximum Gasteiger partial charge on any atom is 0.164 e. The molecule has 1 aromatic rings. The number of rotatable bonds is 1. The van der Waals surface area contributed by atoms with Crippen LogP contribution in [0.1, 0.15) is 18.1 Å². The highest BCUT2D eigenvalue weighted by atomic mass is 19.2. The molecule has 0 spiro atoms. The zero-order valence-corrected chi connectivity index (χ0v) is 7.61. The van der Waals surface area contributed by atoms with Crippen LogP contribution in [-0.4, -0.2) is 10.9 Å². The second kappa shape index (κ2) is 3.69. The molecule has 0 saturated carbocycles. The Morgan fingerprint density at radius 2 is 1.86 bits per heavy atom. The van der Waals surface area contributed by atoms with Crippen LogP contribution in [0.2, 0.25) is 0 Å². The highest BCUT2D eigenvalue weighted by Gasteiger charge is 2.16. The summed E-state index contributed by atoms with van der Waals surface area (Å²) < 4.78 is 38.9. The second-order valence-electron chi connectivity index (χ2n) is 2.84. The first-order valence-corrected chi connectivity index (χ1v) is 3.82. The van der Waals surface area contributed by atoms with Crippen LogP contribution in [0.3, 0.4) is 0 Å². The third kappa shape index (κ3) is 1.57. The molecule has 1 rings (SSSR count). The van der Waals surface area contributed by atoms with Crippen molar-refractivity contribution in [2.45, 2.75) is 13.8 Å². The summed E-state index contributed by atoms with van der Waals surface area (Å²) >= 11 is 0. The molecule has 76 valence electrons. The van der Waals surface area contributed by atoms with Gasteiger partial charge in [0.05, 0.1) is 5.71 Å². The van der Waals surface area contributed by atoms with Crippen molar-refractivity contribution in [2.24, 2.45) is 5.16 Å². The average molecular weight is 203 g/mol. The summed E-state index contributed by atoms with van der Waals surface area (Å²) in [6, 6.07) is 0.659. The Morgan fingerprint density at radius 3 is 2.36 bits per heavy atom. The Kier molecular flexibility index (Phi) is 2.78. The number of halogens is 3. The van der Waals surface area contributed by atoms with E-state index in [9.17, 15) is 13.2 Å². The van der Waals surface area contributed by atoms with Gasteiger partial charge in [0, 0.05) is 11.1 Å². The van der Waals surface area contributed by atoms with Crippen molar-refractivity contribution in [1.82, 2.24) is 0 Å². The third-order valence-electron chi connectivity index (χ3n) is 1.92. The van der Waals surface area contributed by atoms with Gasteiger partial charge >= 0.3 is 0 Å². The minimum Gasteiger partial charge on any atom is -0.411 e. The van der Waals surface area contributed by atoms with E-state index in [4.69, 9.17) is 5.21 Å². The molecular formula is C9H8F3NO. The smallest absolute Gasteiger partial charge is 0.164 e. The Labute approximate surface area is 78.7 Å². The molecule has 1 N–H and O–H groups in total. The monoisotopic (exact) mass is 203 g/mol. The topological polar surface area (TPSA) is 32.6 Å². The molecule has 0 atom stereocenters. The van der Waals surface area contributed by atoms with Crippen molar-refractivity contribution >= 4 is 5.71 Å². The van der Waals surface area contributed by atoms with E-state index in [1.165, 1.54) is 6.92 Å². The van der Waals surface area contributed by atoms with E-state index < -0.39 is 23.0 Å². The van der Waals surface area contributed by atoms with E-state index in [0.717, 1.165) is 6.92 Å². The second-order valence-corrected chi connectivity index (χ2v) is 2.84. The quantitative estimate of drug-likeness (QED) is 0.323. The number of nitrogens with zero attached hydrogens (tertiary/aromatic N) is 1. The van der Waals surface area contributed by atoms with Gasteiger partial charge in [-0.15, -0.1) is 0 Å². The maximum atomic E-state index is 13.3. The Bertz CT molecular complexity index is 402. The van der Waals surface area contributed by atoms with Crippen molar-refractivity contribution in [3.8, 4) is 0 Å². The van der Waals surface area contributed by atoms with Gasteiger partial charge in [-0.3, -0.25) is 0 Å². The van der Waals surface area contributed by atoms with Crippen molar-refractivity contribution in [2.75, 3.05) is 0 Å². The first kappa shape index (κ1) is 10.6. The fourth-order valence-corrected chi connectivity index (χ4v) is 1.05. The lowest BCUT2D eigenvalue weighted by Gasteiger charge is -2.05. The third-order valence-corrected chi connectivity index (χ3v) is 1.92. The van der Waals surface area contributed by atoms with Gasteiger partial charge in [-0.1, -0.05) is 5.16 Å². The fraction of sp³-hybridized carbons (Fsp3) is 0.222. The molecule has 0 bridgehead atoms. The molecule has 2 nitrogen and oxygen atoms in total. The zero-order valence-electron chi connectivity index (χ0n) is 7.61. The summed E-state index contributed by atoms with van der Waals surface area (Å²) in [4.78, 5) is 0. The number of oxime groups is 1. The molecule has 0 unspecified atom stereocenters. The van der Waals surface area contributed by atoms with E-state index in [2.05, 4.69) is 5.16 Å². The van der Waals surface area contributed by atoms with Crippen LogP contribution in [0.15, 0.2) is 11.2 Å². The summed E-state index contributed by atoms with van der Waals surface area (Å²) in [7, 11) is 0. The molecule has 0 aromatic heterocycles. The van der Waals surface area contributed by atoms with Gasteiger partial charge in [-0.2, -0.15) is 0 Å². The van der Waals surface area contributed by atoms with Gasteiger partial charge in [0.15, 0.2) is 11.6 Å². The lowest BCUT2D eigenvalue weighted by atomic mass is 10.1. The van der Waals surface area contributed by atoms with Crippen LogP contribution in [0, 0.1) is 24.4 Å². The van der Waals surface area contributed by atoms with Crippen LogP contribution >= 0.6 is 0 Å². The number of benzene rings is 1. The SMILES string of the molecule is CC(=NO)c1cc(F)c(F)c(C)c1F. The molecule has 0 aliphatic rings. The van der Waals surface area contributed by atoms with Crippen LogP contribution < -0.4 is 0 Å². The van der Waals surface area contributed by atoms with E-state index in [1.54, 1.807) is 0 Å². The predicted octanol–water partition coefficient (Wildman–Crippen LogP) is 2.61. The van der Waals surface area contributed by atoms with Gasteiger partial charge in [0.25, 0.3) is 0 Å². The van der Waals surface area contributed by atoms with Crippen molar-refractivity contribution in [1.29, 1.82) is 0 Å². The summed E-state index contributed by atoms with van der Waals surface area (Å²) in [6.07, 6.45) is 0. The molecule has 0 saturated heterocycles. The Hall–Kier alpha value is -1.52. The van der Waals surface area contributed by atoms with Gasteiger partial charge in [0.2, 0.25) is 0 Å². The van der Waals surface area contributed by atoms with Crippen LogP contribution in [0.25, 0.3) is 0 Å². The lowest BCUT2D eigenvalue weighted by molar-refractivity contribution is 0.318. The van der Waals surface area contributed by atoms with Crippen molar-refractivity contribution in [3.63, 3.8) is 0 Å². The van der Waals surface area contributed by atoms with Crippen LogP contribution in [-0.2, 0) is 0 Å². The lowest BCUT2D eigenvalue weighted by Crippen LogP contribution is -2.05. The van der Waals surface area contributed by atoms with Crippen LogP contribution in [0.4, 0.5) is 13.2 Å². The molecule has 0 amide bonds. The molecule has 0 heterocycles. The fourth-order valence-electron chi connectivity index (χ4n) is 1.05. The van der Waals surface area contributed by atoms with E-state index >= 15 is 0 Å². The molecule has 0 fully saturated rings. The van der Waals surface area contributed by atoms with E-state index in [1.807, 2.05) is 0 Å². The van der Waals surface area contributed by atoms with Gasteiger partial charge in [0.1, 0.15) is 5.82 Å². The minimum atomic E-state index is -1.23. The standard InChI is InChI=1S/C9H8F3NO/c1-4-8(11)6(5(2)13-14)3-7(10)9(4)12/h3,14H,1-2H3. The molecule has 5 heteroatoms. The molecule has 1 aromatic carbocycles. The first-order chi connectivity index (χ1) is 6.49. The average Bonchev–Trinajstić information content (AvgIpc) is 2.19. The highest BCUT2D eigenvalue weighted by molar-refractivity contribution is 5.98. The van der Waals surface area contributed by atoms with E-state index in [-0.39, 0.29) is 11.3 Å². The summed E-state index contributed by atoms with van der Waals surface area (Å²) in [6.45, 7) is 2.40. The van der Waals surface area contributed by atoms with Gasteiger partial charge in [-0.25, -0.2) is 13.2 Å². The summed E-state index contributed by atoms with van der Waals surface area (Å²) in [5, 5.41) is 11.1. The van der Waals surface area contributed by atoms with Crippen molar-refractivity contribution < 1.29 is 18.4 Å². The normalized spacial score (nSPS) is 11.9.